The third-order valence-electron chi connectivity index (χ3n) is 2.47. The molecule has 0 bridgehead atoms. The van der Waals surface area contributed by atoms with Gasteiger partial charge in [0.1, 0.15) is 5.56 Å². The maximum atomic E-state index is 11.9. The number of hydrogen-bond acceptors (Lipinski definition) is 5. The van der Waals surface area contributed by atoms with Crippen LogP contribution in [-0.2, 0) is 0 Å². The van der Waals surface area contributed by atoms with Crippen molar-refractivity contribution in [1.82, 2.24) is 10.6 Å². The highest BCUT2D eigenvalue weighted by atomic mass is 16.6. The Morgan fingerprint density at radius 1 is 1.50 bits per heavy atom. The molecule has 0 spiro atoms. The number of carbonyl (C=O) groups is 1. The summed E-state index contributed by atoms with van der Waals surface area (Å²) in [5.74, 6) is -0.528. The minimum Gasteiger partial charge on any atom is -0.352 e. The molecule has 0 unspecified atom stereocenters. The van der Waals surface area contributed by atoms with E-state index in [1.54, 1.807) is 7.05 Å². The second-order valence-electron chi connectivity index (χ2n) is 3.86. The zero-order chi connectivity index (χ0) is 15.0. The Bertz CT molecular complexity index is 553. The molecule has 0 saturated carbocycles. The number of nitro benzene ring substituents is 1. The number of benzene rings is 1. The average Bonchev–Trinajstić information content (AvgIpc) is 2.43. The highest BCUT2D eigenvalue weighted by molar-refractivity contribution is 5.98. The van der Waals surface area contributed by atoms with Crippen LogP contribution in [0.25, 0.3) is 10.4 Å². The van der Waals surface area contributed by atoms with E-state index in [-0.39, 0.29) is 16.9 Å². The fourth-order valence-electron chi connectivity index (χ4n) is 1.54. The van der Waals surface area contributed by atoms with E-state index in [4.69, 9.17) is 5.53 Å². The van der Waals surface area contributed by atoms with Crippen molar-refractivity contribution in [3.8, 4) is 0 Å². The van der Waals surface area contributed by atoms with Crippen molar-refractivity contribution in [3.63, 3.8) is 0 Å². The van der Waals surface area contributed by atoms with Gasteiger partial charge in [0.15, 0.2) is 0 Å². The molecule has 1 amide bonds. The zero-order valence-corrected chi connectivity index (χ0v) is 10.9. The number of nitrogens with one attached hydrogen (secondary N) is 2. The number of azide groups is 1. The summed E-state index contributed by atoms with van der Waals surface area (Å²) in [4.78, 5) is 24.7. The molecule has 0 radical (unpaired) electrons. The second-order valence-corrected chi connectivity index (χ2v) is 3.86. The van der Waals surface area contributed by atoms with Crippen molar-refractivity contribution in [1.29, 1.82) is 0 Å². The summed E-state index contributed by atoms with van der Waals surface area (Å²) >= 11 is 0. The van der Waals surface area contributed by atoms with Crippen molar-refractivity contribution in [3.05, 3.63) is 44.3 Å². The van der Waals surface area contributed by atoms with Crippen LogP contribution in [0.5, 0.6) is 0 Å². The first-order valence-electron chi connectivity index (χ1n) is 5.86. The topological polar surface area (TPSA) is 133 Å². The zero-order valence-electron chi connectivity index (χ0n) is 10.9. The summed E-state index contributed by atoms with van der Waals surface area (Å²) in [6, 6.07) is 3.70. The summed E-state index contributed by atoms with van der Waals surface area (Å²) in [5.41, 5.74) is 7.94. The molecule has 0 fully saturated rings. The molecular weight excluding hydrogens is 264 g/mol. The maximum absolute atomic E-state index is 11.9. The van der Waals surface area contributed by atoms with Crippen LogP contribution >= 0.6 is 0 Å². The average molecular weight is 278 g/mol. The lowest BCUT2D eigenvalue weighted by Crippen LogP contribution is -2.27. The molecule has 106 valence electrons. The predicted molar refractivity (Wildman–Crippen MR) is 72.8 cm³/mol. The van der Waals surface area contributed by atoms with E-state index < -0.39 is 10.8 Å². The molecule has 0 heterocycles. The highest BCUT2D eigenvalue weighted by Crippen LogP contribution is 2.25. The van der Waals surface area contributed by atoms with E-state index in [0.29, 0.717) is 13.0 Å². The number of hydrogen-bond donors (Lipinski definition) is 2. The van der Waals surface area contributed by atoms with Crippen LogP contribution in [-0.4, -0.2) is 31.0 Å². The molecule has 9 heteroatoms. The van der Waals surface area contributed by atoms with Crippen molar-refractivity contribution in [2.45, 2.75) is 6.42 Å². The first kappa shape index (κ1) is 15.4. The fourth-order valence-corrected chi connectivity index (χ4v) is 1.54. The smallest absolute Gasteiger partial charge is 0.282 e. The van der Waals surface area contributed by atoms with E-state index in [1.807, 2.05) is 0 Å². The van der Waals surface area contributed by atoms with Crippen LogP contribution in [0, 0.1) is 10.1 Å². The van der Waals surface area contributed by atoms with Gasteiger partial charge in [-0.15, -0.1) is 0 Å². The molecule has 9 nitrogen and oxygen atoms in total. The number of rotatable bonds is 7. The Kier molecular flexibility index (Phi) is 5.95. The molecule has 0 aliphatic carbocycles. The van der Waals surface area contributed by atoms with Crippen LogP contribution in [0.15, 0.2) is 23.3 Å². The Morgan fingerprint density at radius 2 is 2.25 bits per heavy atom. The highest BCUT2D eigenvalue weighted by Gasteiger charge is 2.20. The standard InChI is InChI=1S/C11H14N6O3/c1-13-5-2-6-14-11(18)9-4-3-8(15-16-12)7-10(9)17(19)20/h3-4,7,13H,2,5-6H2,1H3,(H,14,18). The van der Waals surface area contributed by atoms with Gasteiger partial charge in [0.05, 0.1) is 4.92 Å². The molecule has 1 aromatic rings. The lowest BCUT2D eigenvalue weighted by molar-refractivity contribution is -0.385. The quantitative estimate of drug-likeness (QED) is 0.197. The van der Waals surface area contributed by atoms with Gasteiger partial charge >= 0.3 is 0 Å². The molecule has 1 aromatic carbocycles. The molecule has 0 atom stereocenters. The van der Waals surface area contributed by atoms with Gasteiger partial charge in [0.25, 0.3) is 11.6 Å². The van der Waals surface area contributed by atoms with E-state index in [9.17, 15) is 14.9 Å². The molecule has 0 aliphatic rings. The van der Waals surface area contributed by atoms with Crippen molar-refractivity contribution in [2.24, 2.45) is 5.11 Å². The predicted octanol–water partition coefficient (Wildman–Crippen LogP) is 1.88. The van der Waals surface area contributed by atoms with Gasteiger partial charge in [-0.3, -0.25) is 14.9 Å². The van der Waals surface area contributed by atoms with Crippen LogP contribution in [0.2, 0.25) is 0 Å². The van der Waals surface area contributed by atoms with Crippen molar-refractivity contribution in [2.75, 3.05) is 20.1 Å². The molecule has 1 rings (SSSR count). The van der Waals surface area contributed by atoms with E-state index in [0.717, 1.165) is 12.6 Å². The van der Waals surface area contributed by atoms with E-state index in [1.165, 1.54) is 12.1 Å². The van der Waals surface area contributed by atoms with Crippen LogP contribution in [0.3, 0.4) is 0 Å². The third kappa shape index (κ3) is 4.23. The third-order valence-corrected chi connectivity index (χ3v) is 2.47. The Morgan fingerprint density at radius 3 is 2.85 bits per heavy atom. The van der Waals surface area contributed by atoms with Gasteiger partial charge in [0.2, 0.25) is 0 Å². The summed E-state index contributed by atoms with van der Waals surface area (Å²) in [5, 5.41) is 19.7. The monoisotopic (exact) mass is 278 g/mol. The number of carbonyl (C=O) groups excluding carboxylic acids is 1. The molecular formula is C11H14N6O3. The first-order valence-corrected chi connectivity index (χ1v) is 5.86. The minimum atomic E-state index is -0.682. The lowest BCUT2D eigenvalue weighted by Gasteiger charge is -2.06. The van der Waals surface area contributed by atoms with Gasteiger partial charge < -0.3 is 10.6 Å². The molecule has 0 saturated heterocycles. The normalized spacial score (nSPS) is 9.65. The van der Waals surface area contributed by atoms with Crippen molar-refractivity contribution < 1.29 is 9.72 Å². The second kappa shape index (κ2) is 7.72. The van der Waals surface area contributed by atoms with Gasteiger partial charge in [-0.25, -0.2) is 0 Å². The largest absolute Gasteiger partial charge is 0.352 e. The van der Waals surface area contributed by atoms with Crippen molar-refractivity contribution >= 4 is 17.3 Å². The van der Waals surface area contributed by atoms with Gasteiger partial charge in [0, 0.05) is 23.2 Å². The lowest BCUT2D eigenvalue weighted by atomic mass is 10.1. The summed E-state index contributed by atoms with van der Waals surface area (Å²) in [6.07, 6.45) is 0.715. The van der Waals surface area contributed by atoms with Gasteiger partial charge in [-0.2, -0.15) is 0 Å². The summed E-state index contributed by atoms with van der Waals surface area (Å²) < 4.78 is 0. The number of nitrogens with zero attached hydrogens (tertiary/aromatic N) is 4. The van der Waals surface area contributed by atoms with Crippen LogP contribution < -0.4 is 10.6 Å². The van der Waals surface area contributed by atoms with Gasteiger partial charge in [-0.1, -0.05) is 11.2 Å². The molecule has 0 aromatic heterocycles. The number of nitro groups is 1. The fraction of sp³-hybridized carbons (Fsp3) is 0.364. The Hall–Kier alpha value is -2.64. The molecule has 20 heavy (non-hydrogen) atoms. The number of amides is 1. The summed E-state index contributed by atoms with van der Waals surface area (Å²) in [7, 11) is 1.79. The van der Waals surface area contributed by atoms with Crippen LogP contribution in [0.1, 0.15) is 16.8 Å². The molecule has 0 aliphatic heterocycles. The SMILES string of the molecule is CNCCCNC(=O)c1ccc(N=[N+]=[N-])cc1[N+](=O)[O-]. The maximum Gasteiger partial charge on any atom is 0.282 e. The Balaban J connectivity index is 2.90. The molecule has 2 N–H and O–H groups in total. The first-order chi connectivity index (χ1) is 9.60. The van der Waals surface area contributed by atoms with Gasteiger partial charge in [-0.05, 0) is 31.6 Å². The van der Waals surface area contributed by atoms with E-state index >= 15 is 0 Å². The van der Waals surface area contributed by atoms with Crippen LogP contribution in [0.4, 0.5) is 11.4 Å². The van der Waals surface area contributed by atoms with E-state index in [2.05, 4.69) is 20.7 Å². The Labute approximate surface area is 114 Å². The minimum absolute atomic E-state index is 0.0589. The summed E-state index contributed by atoms with van der Waals surface area (Å²) in [6.45, 7) is 1.15.